The van der Waals surface area contributed by atoms with Crippen LogP contribution in [-0.2, 0) is 9.53 Å². The van der Waals surface area contributed by atoms with Gasteiger partial charge in [-0.05, 0) is 30.4 Å². The summed E-state index contributed by atoms with van der Waals surface area (Å²) in [5, 5.41) is 8.31. The Kier molecular flexibility index (Phi) is 7.05. The van der Waals surface area contributed by atoms with Crippen LogP contribution in [0.25, 0.3) is 0 Å². The Morgan fingerprint density at radius 1 is 1.36 bits per heavy atom. The van der Waals surface area contributed by atoms with E-state index in [1.54, 1.807) is 12.1 Å². The fourth-order valence-electron chi connectivity index (χ4n) is 3.44. The van der Waals surface area contributed by atoms with Gasteiger partial charge < -0.3 is 15.0 Å². The maximum Gasteiger partial charge on any atom is 0.276 e. The summed E-state index contributed by atoms with van der Waals surface area (Å²) in [6.07, 6.45) is 3.87. The minimum Gasteiger partial charge on any atom is -0.383 e. The molecule has 2 amide bonds. The lowest BCUT2D eigenvalue weighted by molar-refractivity contribution is -0.126. The molecular formula is C19H23FN4O3S. The Bertz CT molecular complexity index is 796. The number of aromatic nitrogens is 2. The molecule has 9 heteroatoms. The second kappa shape index (κ2) is 9.70. The highest BCUT2D eigenvalue weighted by molar-refractivity contribution is 7.03. The van der Waals surface area contributed by atoms with Gasteiger partial charge in [0, 0.05) is 30.6 Å². The number of nitrogens with zero attached hydrogens (tertiary/aromatic N) is 3. The number of hydrogen-bond donors (Lipinski definition) is 1. The smallest absolute Gasteiger partial charge is 0.276 e. The van der Waals surface area contributed by atoms with Gasteiger partial charge >= 0.3 is 0 Å². The molecule has 1 aromatic carbocycles. The Hall–Kier alpha value is -2.39. The van der Waals surface area contributed by atoms with Crippen molar-refractivity contribution in [2.45, 2.75) is 37.8 Å². The van der Waals surface area contributed by atoms with E-state index in [-0.39, 0.29) is 30.5 Å². The molecule has 1 aliphatic rings. The Balaban J connectivity index is 1.96. The van der Waals surface area contributed by atoms with Crippen molar-refractivity contribution < 1.29 is 18.7 Å². The zero-order valence-corrected chi connectivity index (χ0v) is 16.5. The second-order valence-corrected chi connectivity index (χ2v) is 7.31. The van der Waals surface area contributed by atoms with Crippen molar-refractivity contribution in [3.8, 4) is 0 Å². The monoisotopic (exact) mass is 406 g/mol. The Morgan fingerprint density at radius 2 is 2.11 bits per heavy atom. The van der Waals surface area contributed by atoms with Gasteiger partial charge in [0.05, 0.1) is 6.61 Å². The fourth-order valence-corrected chi connectivity index (χ4v) is 3.87. The van der Waals surface area contributed by atoms with Gasteiger partial charge in [-0.3, -0.25) is 9.59 Å². The molecule has 1 aliphatic carbocycles. The predicted octanol–water partition coefficient (Wildman–Crippen LogP) is 2.57. The largest absolute Gasteiger partial charge is 0.383 e. The van der Waals surface area contributed by atoms with Crippen molar-refractivity contribution in [3.05, 3.63) is 46.7 Å². The van der Waals surface area contributed by atoms with E-state index in [0.717, 1.165) is 37.2 Å². The number of benzene rings is 1. The summed E-state index contributed by atoms with van der Waals surface area (Å²) in [6, 6.07) is 4.94. The quantitative estimate of drug-likeness (QED) is 0.728. The van der Waals surface area contributed by atoms with Crippen molar-refractivity contribution in [2.75, 3.05) is 20.3 Å². The lowest BCUT2D eigenvalue weighted by Crippen LogP contribution is -2.47. The molecular weight excluding hydrogens is 383 g/mol. The molecule has 1 atom stereocenters. The number of methoxy groups -OCH3 is 1. The van der Waals surface area contributed by atoms with E-state index in [1.807, 2.05) is 0 Å². The average Bonchev–Trinajstić information content (AvgIpc) is 3.39. The van der Waals surface area contributed by atoms with E-state index in [1.165, 1.54) is 29.5 Å². The average molecular weight is 406 g/mol. The van der Waals surface area contributed by atoms with Gasteiger partial charge in [0.2, 0.25) is 5.91 Å². The highest BCUT2D eigenvalue weighted by atomic mass is 32.1. The molecule has 7 nitrogen and oxygen atoms in total. The number of halogens is 1. The first-order valence-corrected chi connectivity index (χ1v) is 10.1. The minimum absolute atomic E-state index is 0.0436. The zero-order chi connectivity index (χ0) is 19.9. The van der Waals surface area contributed by atoms with Crippen LogP contribution in [0.4, 0.5) is 4.39 Å². The third-order valence-corrected chi connectivity index (χ3v) is 5.34. The summed E-state index contributed by atoms with van der Waals surface area (Å²) in [4.78, 5) is 27.5. The molecule has 150 valence electrons. The number of hydrogen-bond acceptors (Lipinski definition) is 6. The highest BCUT2D eigenvalue weighted by Crippen LogP contribution is 2.27. The van der Waals surface area contributed by atoms with Gasteiger partial charge in [0.25, 0.3) is 5.91 Å². The number of amides is 2. The minimum atomic E-state index is -1.12. The number of rotatable bonds is 8. The summed E-state index contributed by atoms with van der Waals surface area (Å²) < 4.78 is 23.5. The van der Waals surface area contributed by atoms with E-state index in [9.17, 15) is 14.0 Å². The predicted molar refractivity (Wildman–Crippen MR) is 102 cm³/mol. The van der Waals surface area contributed by atoms with Crippen molar-refractivity contribution in [2.24, 2.45) is 0 Å². The molecule has 0 unspecified atom stereocenters. The van der Waals surface area contributed by atoms with Crippen molar-refractivity contribution >= 4 is 23.3 Å². The molecule has 1 aromatic heterocycles. The fraction of sp³-hybridized carbons (Fsp3) is 0.474. The van der Waals surface area contributed by atoms with Crippen molar-refractivity contribution in [1.82, 2.24) is 19.8 Å². The third-order valence-electron chi connectivity index (χ3n) is 4.84. The van der Waals surface area contributed by atoms with Crippen LogP contribution in [0.3, 0.4) is 0 Å². The summed E-state index contributed by atoms with van der Waals surface area (Å²) in [5.41, 5.74) is 0.266. The van der Waals surface area contributed by atoms with Gasteiger partial charge in [-0.1, -0.05) is 35.5 Å². The Labute approximate surface area is 167 Å². The maximum absolute atomic E-state index is 14.6. The molecule has 3 rings (SSSR count). The lowest BCUT2D eigenvalue weighted by atomic mass is 10.0. The summed E-state index contributed by atoms with van der Waals surface area (Å²) in [7, 11) is 1.50. The van der Waals surface area contributed by atoms with E-state index < -0.39 is 23.7 Å². The first-order valence-electron chi connectivity index (χ1n) is 9.23. The van der Waals surface area contributed by atoms with Crippen LogP contribution < -0.4 is 5.32 Å². The lowest BCUT2D eigenvalue weighted by Gasteiger charge is -2.31. The molecule has 0 bridgehead atoms. The molecule has 0 radical (unpaired) electrons. The van der Waals surface area contributed by atoms with Gasteiger partial charge in [0.1, 0.15) is 11.9 Å². The molecule has 0 saturated heterocycles. The summed E-state index contributed by atoms with van der Waals surface area (Å²) in [6.45, 7) is 0.314. The van der Waals surface area contributed by atoms with Crippen LogP contribution in [0.5, 0.6) is 0 Å². The zero-order valence-electron chi connectivity index (χ0n) is 15.6. The topological polar surface area (TPSA) is 84.4 Å². The second-order valence-electron chi connectivity index (χ2n) is 6.70. The molecule has 1 saturated carbocycles. The highest BCUT2D eigenvalue weighted by Gasteiger charge is 2.35. The molecule has 0 aliphatic heterocycles. The molecule has 28 heavy (non-hydrogen) atoms. The SMILES string of the molecule is COCCN(C(=O)c1csnn1)[C@H](C(=O)NC1CCCC1)c1ccccc1F. The van der Waals surface area contributed by atoms with Crippen LogP contribution in [0.2, 0.25) is 0 Å². The van der Waals surface area contributed by atoms with E-state index in [4.69, 9.17) is 4.74 Å². The van der Waals surface area contributed by atoms with Crippen LogP contribution >= 0.6 is 11.5 Å². The van der Waals surface area contributed by atoms with E-state index in [0.29, 0.717) is 0 Å². The number of ether oxygens (including phenoxy) is 1. The summed E-state index contributed by atoms with van der Waals surface area (Å²) >= 11 is 1.04. The van der Waals surface area contributed by atoms with Crippen LogP contribution in [0.1, 0.15) is 47.8 Å². The summed E-state index contributed by atoms with van der Waals surface area (Å²) in [5.74, 6) is -1.43. The molecule has 1 N–H and O–H groups in total. The number of carbonyl (C=O) groups excluding carboxylic acids is 2. The number of nitrogens with one attached hydrogen (secondary N) is 1. The number of carbonyl (C=O) groups is 2. The molecule has 2 aromatic rings. The molecule has 1 fully saturated rings. The molecule has 1 heterocycles. The standard InChI is InChI=1S/C19H23FN4O3S/c1-27-11-10-24(19(26)16-12-28-23-22-16)17(14-8-4-5-9-15(14)20)18(25)21-13-6-2-3-7-13/h4-5,8-9,12-13,17H,2-3,6-7,10-11H2,1H3,(H,21,25)/t17-/m0/s1. The van der Waals surface area contributed by atoms with E-state index >= 15 is 0 Å². The molecule has 0 spiro atoms. The van der Waals surface area contributed by atoms with Crippen molar-refractivity contribution in [1.29, 1.82) is 0 Å². The first-order chi connectivity index (χ1) is 13.6. The van der Waals surface area contributed by atoms with E-state index in [2.05, 4.69) is 14.9 Å². The van der Waals surface area contributed by atoms with Gasteiger partial charge in [-0.2, -0.15) is 0 Å². The van der Waals surface area contributed by atoms with Gasteiger partial charge in [-0.25, -0.2) is 4.39 Å². The van der Waals surface area contributed by atoms with Crippen molar-refractivity contribution in [3.63, 3.8) is 0 Å². The van der Waals surface area contributed by atoms with Crippen LogP contribution in [0, 0.1) is 5.82 Å². The Morgan fingerprint density at radius 3 is 2.75 bits per heavy atom. The van der Waals surface area contributed by atoms with Crippen LogP contribution in [0.15, 0.2) is 29.6 Å². The van der Waals surface area contributed by atoms with Gasteiger partial charge in [0.15, 0.2) is 5.69 Å². The van der Waals surface area contributed by atoms with Gasteiger partial charge in [-0.15, -0.1) is 5.10 Å². The first kappa shape index (κ1) is 20.3. The normalized spacial score (nSPS) is 15.4. The van der Waals surface area contributed by atoms with Crippen LogP contribution in [-0.4, -0.2) is 52.6 Å². The third kappa shape index (κ3) is 4.71. The maximum atomic E-state index is 14.6.